The molecule has 0 saturated heterocycles. The van der Waals surface area contributed by atoms with E-state index >= 15 is 0 Å². The van der Waals surface area contributed by atoms with Crippen molar-refractivity contribution in [2.45, 2.75) is 20.0 Å². The quantitative estimate of drug-likeness (QED) is 0.803. The van der Waals surface area contributed by atoms with Gasteiger partial charge in [-0.25, -0.2) is 0 Å². The maximum atomic E-state index is 9.75. The normalized spacial score (nSPS) is 16.6. The van der Waals surface area contributed by atoms with Crippen LogP contribution in [0.1, 0.15) is 18.1 Å². The molecular formula is C23H24N2O3. The molecule has 2 aliphatic heterocycles. The number of rotatable bonds is 4. The van der Waals surface area contributed by atoms with E-state index in [-0.39, 0.29) is 5.75 Å². The lowest BCUT2D eigenvalue weighted by molar-refractivity contribution is 0.123. The predicted molar refractivity (Wildman–Crippen MR) is 109 cm³/mol. The lowest BCUT2D eigenvalue weighted by Crippen LogP contribution is -2.33. The van der Waals surface area contributed by atoms with Gasteiger partial charge in [-0.3, -0.25) is 0 Å². The fraction of sp³-hybridized carbons (Fsp3) is 0.217. The van der Waals surface area contributed by atoms with E-state index in [1.165, 1.54) is 5.56 Å². The van der Waals surface area contributed by atoms with Gasteiger partial charge in [0.15, 0.2) is 13.5 Å². The van der Waals surface area contributed by atoms with E-state index in [9.17, 15) is 5.11 Å². The fourth-order valence-electron chi connectivity index (χ4n) is 3.47. The molecule has 144 valence electrons. The average molecular weight is 376 g/mol. The Morgan fingerprint density at radius 3 is 2.54 bits per heavy atom. The molecule has 2 heterocycles. The Hall–Kier alpha value is -3.34. The number of hydrogen-bond donors (Lipinski definition) is 1. The van der Waals surface area contributed by atoms with Gasteiger partial charge in [0.05, 0.1) is 0 Å². The summed E-state index contributed by atoms with van der Waals surface area (Å²) in [7, 11) is 0. The van der Waals surface area contributed by atoms with E-state index in [1.807, 2.05) is 30.3 Å². The Morgan fingerprint density at radius 1 is 1.00 bits per heavy atom. The van der Waals surface area contributed by atoms with E-state index in [0.29, 0.717) is 20.0 Å². The van der Waals surface area contributed by atoms with E-state index in [0.717, 1.165) is 35.0 Å². The zero-order chi connectivity index (χ0) is 19.5. The van der Waals surface area contributed by atoms with Crippen molar-refractivity contribution in [3.63, 3.8) is 0 Å². The second-order valence-electron chi connectivity index (χ2n) is 6.96. The minimum Gasteiger partial charge on any atom is -0.508 e. The number of allylic oxidation sites excluding steroid dienone is 4. The number of phenols is 1. The average Bonchev–Trinajstić information content (AvgIpc) is 2.72. The summed E-state index contributed by atoms with van der Waals surface area (Å²) in [6.45, 7) is 8.36. The van der Waals surface area contributed by atoms with Gasteiger partial charge in [0, 0.05) is 35.6 Å². The first kappa shape index (κ1) is 18.0. The smallest absolute Gasteiger partial charge is 0.161 e. The van der Waals surface area contributed by atoms with Gasteiger partial charge in [-0.2, -0.15) is 0 Å². The van der Waals surface area contributed by atoms with Crippen molar-refractivity contribution in [1.29, 1.82) is 0 Å². The summed E-state index contributed by atoms with van der Waals surface area (Å²) in [6, 6.07) is 13.3. The number of hydrogen-bond acceptors (Lipinski definition) is 5. The first-order valence-corrected chi connectivity index (χ1v) is 9.30. The molecule has 0 radical (unpaired) electrons. The summed E-state index contributed by atoms with van der Waals surface area (Å²) in [4.78, 5) is 4.32. The van der Waals surface area contributed by atoms with Crippen LogP contribution in [0.5, 0.6) is 17.2 Å². The molecule has 2 aliphatic rings. The summed E-state index contributed by atoms with van der Waals surface area (Å²) in [6.07, 6.45) is 5.90. The Morgan fingerprint density at radius 2 is 1.71 bits per heavy atom. The summed E-state index contributed by atoms with van der Waals surface area (Å²) < 4.78 is 11.7. The number of benzene rings is 2. The van der Waals surface area contributed by atoms with Crippen LogP contribution in [0.4, 0.5) is 0 Å². The maximum Gasteiger partial charge on any atom is 0.161 e. The molecule has 0 unspecified atom stereocenters. The molecule has 0 aromatic heterocycles. The summed E-state index contributed by atoms with van der Waals surface area (Å²) in [5.41, 5.74) is 4.24. The molecule has 2 aromatic rings. The van der Waals surface area contributed by atoms with Crippen LogP contribution in [0.15, 0.2) is 78.7 Å². The highest BCUT2D eigenvalue weighted by atomic mass is 16.5. The Kier molecular flexibility index (Phi) is 4.98. The molecule has 0 spiro atoms. The molecule has 28 heavy (non-hydrogen) atoms. The van der Waals surface area contributed by atoms with Crippen molar-refractivity contribution in [2.24, 2.45) is 0 Å². The van der Waals surface area contributed by atoms with Gasteiger partial charge in [0.1, 0.15) is 17.2 Å². The zero-order valence-electron chi connectivity index (χ0n) is 16.0. The highest BCUT2D eigenvalue weighted by Crippen LogP contribution is 2.31. The van der Waals surface area contributed by atoms with Gasteiger partial charge in [-0.15, -0.1) is 0 Å². The van der Waals surface area contributed by atoms with Gasteiger partial charge in [0.2, 0.25) is 0 Å². The molecule has 0 saturated carbocycles. The summed E-state index contributed by atoms with van der Waals surface area (Å²) in [5, 5.41) is 9.75. The highest BCUT2D eigenvalue weighted by Gasteiger charge is 2.21. The predicted octanol–water partition coefficient (Wildman–Crippen LogP) is 4.37. The second kappa shape index (κ2) is 7.72. The number of nitrogens with zero attached hydrogens (tertiary/aromatic N) is 2. The van der Waals surface area contributed by atoms with Crippen molar-refractivity contribution in [2.75, 3.05) is 13.5 Å². The summed E-state index contributed by atoms with van der Waals surface area (Å²) in [5.74, 6) is 2.02. The Labute approximate surface area is 165 Å². The molecule has 2 aromatic carbocycles. The van der Waals surface area contributed by atoms with E-state index < -0.39 is 0 Å². The van der Waals surface area contributed by atoms with Gasteiger partial charge in [-0.1, -0.05) is 30.9 Å². The molecule has 4 rings (SSSR count). The van der Waals surface area contributed by atoms with Crippen molar-refractivity contribution in [3.8, 4) is 17.2 Å². The molecule has 0 amide bonds. The van der Waals surface area contributed by atoms with Crippen LogP contribution in [0.2, 0.25) is 0 Å². The fourth-order valence-corrected chi connectivity index (χ4v) is 3.47. The molecule has 0 atom stereocenters. The zero-order valence-corrected chi connectivity index (χ0v) is 16.0. The molecule has 0 fully saturated rings. The van der Waals surface area contributed by atoms with Crippen LogP contribution in [0.25, 0.3) is 0 Å². The van der Waals surface area contributed by atoms with Crippen molar-refractivity contribution >= 4 is 0 Å². The molecule has 5 nitrogen and oxygen atoms in total. The van der Waals surface area contributed by atoms with Crippen molar-refractivity contribution < 1.29 is 14.6 Å². The lowest BCUT2D eigenvalue weighted by Gasteiger charge is -2.34. The third-order valence-electron chi connectivity index (χ3n) is 5.00. The van der Waals surface area contributed by atoms with E-state index in [1.54, 1.807) is 18.2 Å². The SMILES string of the molecule is C=C/C=C(\C=C(/C)N1COc2ccc(O)cc2C1)N1COc2ccccc2C1. The van der Waals surface area contributed by atoms with Crippen LogP contribution >= 0.6 is 0 Å². The topological polar surface area (TPSA) is 45.2 Å². The monoisotopic (exact) mass is 376 g/mol. The highest BCUT2D eigenvalue weighted by molar-refractivity contribution is 5.41. The second-order valence-corrected chi connectivity index (χ2v) is 6.96. The maximum absolute atomic E-state index is 9.75. The third-order valence-corrected chi connectivity index (χ3v) is 5.00. The lowest BCUT2D eigenvalue weighted by atomic mass is 10.1. The number of aromatic hydroxyl groups is 1. The molecular weight excluding hydrogens is 352 g/mol. The van der Waals surface area contributed by atoms with Crippen LogP contribution < -0.4 is 9.47 Å². The van der Waals surface area contributed by atoms with Crippen LogP contribution in [-0.2, 0) is 13.1 Å². The standard InChI is InChI=1S/C23H24N2O3/c1-3-6-20(25-13-18-7-4-5-8-22(18)28-16-25)11-17(2)24-14-19-12-21(26)9-10-23(19)27-15-24/h3-12,26H,1,13-16H2,2H3/b17-11+,20-6+. The van der Waals surface area contributed by atoms with Crippen LogP contribution in [-0.4, -0.2) is 28.4 Å². The first-order valence-electron chi connectivity index (χ1n) is 9.30. The molecule has 1 N–H and O–H groups in total. The third kappa shape index (κ3) is 3.69. The number of para-hydroxylation sites is 1. The number of ether oxygens (including phenoxy) is 2. The van der Waals surface area contributed by atoms with Crippen LogP contribution in [0, 0.1) is 0 Å². The Bertz CT molecular complexity index is 949. The number of fused-ring (bicyclic) bond motifs is 2. The first-order chi connectivity index (χ1) is 13.6. The Balaban J connectivity index is 1.54. The minimum absolute atomic E-state index is 0.252. The van der Waals surface area contributed by atoms with Gasteiger partial charge in [-0.05, 0) is 43.3 Å². The van der Waals surface area contributed by atoms with E-state index in [4.69, 9.17) is 9.47 Å². The molecule has 5 heteroatoms. The van der Waals surface area contributed by atoms with Crippen LogP contribution in [0.3, 0.4) is 0 Å². The summed E-state index contributed by atoms with van der Waals surface area (Å²) >= 11 is 0. The molecule has 0 aliphatic carbocycles. The van der Waals surface area contributed by atoms with Crippen molar-refractivity contribution in [1.82, 2.24) is 9.80 Å². The van der Waals surface area contributed by atoms with Gasteiger partial charge in [0.25, 0.3) is 0 Å². The van der Waals surface area contributed by atoms with E-state index in [2.05, 4.69) is 35.4 Å². The molecule has 0 bridgehead atoms. The van der Waals surface area contributed by atoms with Gasteiger partial charge >= 0.3 is 0 Å². The van der Waals surface area contributed by atoms with Gasteiger partial charge < -0.3 is 24.4 Å². The van der Waals surface area contributed by atoms with Crippen molar-refractivity contribution in [3.05, 3.63) is 89.8 Å². The largest absolute Gasteiger partial charge is 0.508 e. The number of phenolic OH excluding ortho intramolecular Hbond substituents is 1. The minimum atomic E-state index is 0.252.